The Morgan fingerprint density at radius 3 is 2.42 bits per heavy atom. The molecule has 0 spiro atoms. The van der Waals surface area contributed by atoms with Gasteiger partial charge in [-0.05, 0) is 85.5 Å². The van der Waals surface area contributed by atoms with E-state index in [9.17, 15) is 20.1 Å². The van der Waals surface area contributed by atoms with E-state index in [1.165, 1.54) is 12.5 Å². The Morgan fingerprint density at radius 1 is 1.03 bits per heavy atom. The molecule has 6 nitrogen and oxygen atoms in total. The largest absolute Gasteiger partial charge is 0.458 e. The van der Waals surface area contributed by atoms with Crippen molar-refractivity contribution in [1.29, 1.82) is 10.5 Å². The number of nitrogens with zero attached hydrogens (tertiary/aromatic N) is 2. The topological polar surface area (TPSA) is 103 Å². The summed E-state index contributed by atoms with van der Waals surface area (Å²) in [5.74, 6) is 0.926. The van der Waals surface area contributed by atoms with E-state index in [2.05, 4.69) is 25.2 Å². The first kappa shape index (κ1) is 26.0. The maximum Gasteiger partial charge on any atom is 0.338 e. The van der Waals surface area contributed by atoms with Crippen LogP contribution in [0.1, 0.15) is 76.1 Å². The summed E-state index contributed by atoms with van der Waals surface area (Å²) in [6.07, 6.45) is 10.4. The van der Waals surface area contributed by atoms with Crippen LogP contribution in [0.25, 0.3) is 0 Å². The van der Waals surface area contributed by atoms with Crippen LogP contribution < -0.4 is 5.32 Å². The number of amides is 1. The van der Waals surface area contributed by atoms with Crippen LogP contribution in [0.5, 0.6) is 0 Å². The van der Waals surface area contributed by atoms with E-state index in [0.29, 0.717) is 23.3 Å². The number of nitrogens with one attached hydrogen (secondary N) is 1. The lowest BCUT2D eigenvalue weighted by Gasteiger charge is -2.57. The monoisotopic (exact) mass is 509 g/mol. The molecule has 1 aromatic rings. The van der Waals surface area contributed by atoms with Crippen molar-refractivity contribution in [2.75, 3.05) is 0 Å². The molecule has 2 saturated carbocycles. The molecule has 6 atom stereocenters. The minimum absolute atomic E-state index is 0.0666. The molecule has 0 heterocycles. The van der Waals surface area contributed by atoms with E-state index in [-0.39, 0.29) is 34.4 Å². The highest BCUT2D eigenvalue weighted by atomic mass is 16.5. The molecule has 0 aliphatic heterocycles. The standard InChI is InChI=1S/C32H35N3O3/c1-20(36)35-29-23(15-21(18-33)19-34)16-28-26-10-9-24-17-25(38-30(37)22-7-5-4-6-8-22)11-13-31(24,2)27(26)12-14-32(28,29)3/h4-9,15,25-28H,10-14,16-17H2,1-3H3,(H,35,36)/t25-,26+,27-,28-,31-,32-/m0/s1. The molecule has 6 heteroatoms. The Labute approximate surface area is 225 Å². The fourth-order valence-corrected chi connectivity index (χ4v) is 8.03. The molecule has 0 aromatic heterocycles. The van der Waals surface area contributed by atoms with Crippen LogP contribution in [0.4, 0.5) is 0 Å². The van der Waals surface area contributed by atoms with Crippen molar-refractivity contribution in [1.82, 2.24) is 5.32 Å². The minimum atomic E-state index is -0.251. The minimum Gasteiger partial charge on any atom is -0.458 e. The molecule has 38 heavy (non-hydrogen) atoms. The van der Waals surface area contributed by atoms with Gasteiger partial charge in [0, 0.05) is 24.5 Å². The Kier molecular flexibility index (Phi) is 6.78. The van der Waals surface area contributed by atoms with Crippen LogP contribution in [0.3, 0.4) is 0 Å². The zero-order valence-electron chi connectivity index (χ0n) is 22.4. The summed E-state index contributed by atoms with van der Waals surface area (Å²) in [6.45, 7) is 6.17. The fraction of sp³-hybridized carbons (Fsp3) is 0.500. The third-order valence-electron chi connectivity index (χ3n) is 9.92. The van der Waals surface area contributed by atoms with E-state index < -0.39 is 0 Å². The molecule has 0 unspecified atom stereocenters. The number of carbonyl (C=O) groups is 2. The Hall–Kier alpha value is -3.64. The Morgan fingerprint density at radius 2 is 1.74 bits per heavy atom. The second-order valence-electron chi connectivity index (χ2n) is 11.9. The second kappa shape index (κ2) is 9.91. The zero-order valence-corrected chi connectivity index (χ0v) is 22.4. The predicted molar refractivity (Wildman–Crippen MR) is 143 cm³/mol. The van der Waals surface area contributed by atoms with Gasteiger partial charge in [0.15, 0.2) is 0 Å². The van der Waals surface area contributed by atoms with Gasteiger partial charge in [0.05, 0.1) is 5.56 Å². The van der Waals surface area contributed by atoms with Gasteiger partial charge in [0.2, 0.25) is 5.91 Å². The number of fused-ring (bicyclic) bond motifs is 5. The van der Waals surface area contributed by atoms with Crippen molar-refractivity contribution in [3.63, 3.8) is 0 Å². The lowest BCUT2D eigenvalue weighted by molar-refractivity contribution is -0.118. The van der Waals surface area contributed by atoms with Crippen molar-refractivity contribution in [3.8, 4) is 12.1 Å². The van der Waals surface area contributed by atoms with Gasteiger partial charge in [-0.25, -0.2) is 4.79 Å². The van der Waals surface area contributed by atoms with Crippen LogP contribution in [-0.4, -0.2) is 18.0 Å². The molecular formula is C32H35N3O3. The highest BCUT2D eigenvalue weighted by Gasteiger charge is 2.58. The first-order valence-corrected chi connectivity index (χ1v) is 13.7. The quantitative estimate of drug-likeness (QED) is 0.298. The van der Waals surface area contributed by atoms with Crippen LogP contribution in [0, 0.1) is 51.2 Å². The summed E-state index contributed by atoms with van der Waals surface area (Å²) >= 11 is 0. The van der Waals surface area contributed by atoms with Gasteiger partial charge in [-0.3, -0.25) is 4.79 Å². The summed E-state index contributed by atoms with van der Waals surface area (Å²) < 4.78 is 5.93. The molecule has 196 valence electrons. The first-order chi connectivity index (χ1) is 18.2. The molecule has 0 bridgehead atoms. The van der Waals surface area contributed by atoms with Crippen molar-refractivity contribution in [3.05, 3.63) is 70.5 Å². The van der Waals surface area contributed by atoms with Gasteiger partial charge in [-0.2, -0.15) is 10.5 Å². The Bertz CT molecular complexity index is 1310. The summed E-state index contributed by atoms with van der Waals surface area (Å²) in [6, 6.07) is 13.2. The van der Waals surface area contributed by atoms with Gasteiger partial charge < -0.3 is 10.1 Å². The highest BCUT2D eigenvalue weighted by molar-refractivity contribution is 5.89. The molecule has 1 N–H and O–H groups in total. The number of rotatable bonds is 4. The number of hydrogen-bond donors (Lipinski definition) is 1. The van der Waals surface area contributed by atoms with Gasteiger partial charge in [0.1, 0.15) is 23.8 Å². The van der Waals surface area contributed by atoms with Gasteiger partial charge >= 0.3 is 5.97 Å². The predicted octanol–water partition coefficient (Wildman–Crippen LogP) is 6.15. The van der Waals surface area contributed by atoms with E-state index in [1.807, 2.05) is 30.3 Å². The summed E-state index contributed by atoms with van der Waals surface area (Å²) in [4.78, 5) is 24.8. The maximum absolute atomic E-state index is 12.7. The van der Waals surface area contributed by atoms with Crippen molar-refractivity contribution in [2.24, 2.45) is 28.6 Å². The van der Waals surface area contributed by atoms with Gasteiger partial charge in [0.25, 0.3) is 0 Å². The SMILES string of the molecule is CC(=O)NC1=C(C=C(C#N)C#N)C[C@H]2[C@@H]3CC=C4C[C@@H](OC(=O)c5ccccc5)CC[C@]4(C)[C@H]3CC[C@]12C. The van der Waals surface area contributed by atoms with Crippen LogP contribution in [-0.2, 0) is 9.53 Å². The molecule has 5 rings (SSSR count). The number of nitriles is 2. The number of carbonyl (C=O) groups excluding carboxylic acids is 2. The molecule has 0 radical (unpaired) electrons. The molecule has 4 aliphatic carbocycles. The number of esters is 1. The van der Waals surface area contributed by atoms with Crippen molar-refractivity contribution >= 4 is 11.9 Å². The molecule has 1 aromatic carbocycles. The molecule has 4 aliphatic rings. The number of benzene rings is 1. The van der Waals surface area contributed by atoms with Crippen LogP contribution in [0.2, 0.25) is 0 Å². The fourth-order valence-electron chi connectivity index (χ4n) is 8.03. The molecular weight excluding hydrogens is 474 g/mol. The third kappa shape index (κ3) is 4.37. The lowest BCUT2D eigenvalue weighted by atomic mass is 9.47. The number of ether oxygens (including phenoxy) is 1. The number of hydrogen-bond acceptors (Lipinski definition) is 5. The smallest absolute Gasteiger partial charge is 0.338 e. The molecule has 0 saturated heterocycles. The Balaban J connectivity index is 1.38. The third-order valence-corrected chi connectivity index (χ3v) is 9.92. The zero-order chi connectivity index (χ0) is 27.1. The van der Waals surface area contributed by atoms with Crippen LogP contribution >= 0.6 is 0 Å². The highest BCUT2D eigenvalue weighted by Crippen LogP contribution is 2.65. The van der Waals surface area contributed by atoms with E-state index in [1.54, 1.807) is 18.2 Å². The summed E-state index contributed by atoms with van der Waals surface area (Å²) in [7, 11) is 0. The molecule has 2 fully saturated rings. The average Bonchev–Trinajstić information content (AvgIpc) is 3.18. The van der Waals surface area contributed by atoms with Gasteiger partial charge in [-0.15, -0.1) is 0 Å². The van der Waals surface area contributed by atoms with Crippen LogP contribution in [0.15, 0.2) is 64.9 Å². The summed E-state index contributed by atoms with van der Waals surface area (Å²) in [5.41, 5.74) is 3.77. The van der Waals surface area contributed by atoms with E-state index in [4.69, 9.17) is 4.74 Å². The summed E-state index contributed by atoms with van der Waals surface area (Å²) in [5, 5.41) is 21.9. The maximum atomic E-state index is 12.7. The number of allylic oxidation sites excluding steroid dienone is 5. The van der Waals surface area contributed by atoms with E-state index >= 15 is 0 Å². The average molecular weight is 510 g/mol. The normalized spacial score (nSPS) is 33.3. The van der Waals surface area contributed by atoms with Crippen molar-refractivity contribution < 1.29 is 14.3 Å². The van der Waals surface area contributed by atoms with Gasteiger partial charge in [-0.1, -0.05) is 43.7 Å². The lowest BCUT2D eigenvalue weighted by Crippen LogP contribution is -2.51. The molecule has 1 amide bonds. The van der Waals surface area contributed by atoms with Crippen molar-refractivity contribution in [2.45, 2.75) is 71.8 Å². The second-order valence-corrected chi connectivity index (χ2v) is 11.9. The van der Waals surface area contributed by atoms with E-state index in [0.717, 1.165) is 56.2 Å². The first-order valence-electron chi connectivity index (χ1n) is 13.7.